The molecule has 2 N–H and O–H groups in total. The number of nitrogens with zero attached hydrogens (tertiary/aromatic N) is 2. The molecule has 128 valence electrons. The number of rotatable bonds is 5. The third kappa shape index (κ3) is 4.18. The van der Waals surface area contributed by atoms with E-state index in [4.69, 9.17) is 11.6 Å². The van der Waals surface area contributed by atoms with Crippen molar-refractivity contribution in [3.05, 3.63) is 59.4 Å². The van der Waals surface area contributed by atoms with E-state index in [1.165, 1.54) is 17.8 Å². The van der Waals surface area contributed by atoms with Crippen LogP contribution < -0.4 is 5.32 Å². The van der Waals surface area contributed by atoms with Crippen LogP contribution in [-0.4, -0.2) is 26.3 Å². The number of thioether (sulfide) groups is 1. The van der Waals surface area contributed by atoms with E-state index in [2.05, 4.69) is 20.5 Å². The molecule has 0 fully saturated rings. The Kier molecular flexibility index (Phi) is 5.35. The number of aromatic nitrogens is 3. The Morgan fingerprint density at radius 1 is 1.24 bits per heavy atom. The van der Waals surface area contributed by atoms with Gasteiger partial charge in [-0.1, -0.05) is 47.6 Å². The Balaban J connectivity index is 1.67. The number of para-hydroxylation sites is 1. The van der Waals surface area contributed by atoms with Crippen molar-refractivity contribution in [2.24, 2.45) is 0 Å². The number of nitrogens with one attached hydrogen (secondary N) is 2. The summed E-state index contributed by atoms with van der Waals surface area (Å²) >= 11 is 7.20. The summed E-state index contributed by atoms with van der Waals surface area (Å²) < 4.78 is 13.8. The molecule has 0 spiro atoms. The maximum absolute atomic E-state index is 13.8. The van der Waals surface area contributed by atoms with Gasteiger partial charge < -0.3 is 5.32 Å². The number of anilines is 1. The summed E-state index contributed by atoms with van der Waals surface area (Å²) in [6.45, 7) is 1.73. The van der Waals surface area contributed by atoms with Crippen molar-refractivity contribution in [3.63, 3.8) is 0 Å². The van der Waals surface area contributed by atoms with E-state index in [1.54, 1.807) is 49.4 Å². The van der Waals surface area contributed by atoms with Crippen molar-refractivity contribution in [2.75, 3.05) is 5.32 Å². The van der Waals surface area contributed by atoms with Crippen LogP contribution in [0.25, 0.3) is 11.4 Å². The van der Waals surface area contributed by atoms with Gasteiger partial charge in [-0.25, -0.2) is 9.37 Å². The number of hydrogen-bond donors (Lipinski definition) is 2. The summed E-state index contributed by atoms with van der Waals surface area (Å²) in [4.78, 5) is 16.5. The van der Waals surface area contributed by atoms with E-state index < -0.39 is 5.25 Å². The Morgan fingerprint density at radius 2 is 1.96 bits per heavy atom. The smallest absolute Gasteiger partial charge is 0.237 e. The van der Waals surface area contributed by atoms with E-state index in [1.807, 2.05) is 0 Å². The zero-order valence-electron chi connectivity index (χ0n) is 13.2. The topological polar surface area (TPSA) is 70.7 Å². The first-order valence-corrected chi connectivity index (χ1v) is 8.69. The van der Waals surface area contributed by atoms with E-state index in [9.17, 15) is 9.18 Å². The van der Waals surface area contributed by atoms with Crippen molar-refractivity contribution in [1.82, 2.24) is 15.2 Å². The first kappa shape index (κ1) is 17.4. The number of aromatic amines is 1. The van der Waals surface area contributed by atoms with Crippen LogP contribution >= 0.6 is 23.4 Å². The lowest BCUT2D eigenvalue weighted by Gasteiger charge is -2.11. The number of amides is 1. The Hall–Kier alpha value is -2.38. The Bertz CT molecular complexity index is 902. The molecule has 0 unspecified atom stereocenters. The van der Waals surface area contributed by atoms with Gasteiger partial charge in [0.15, 0.2) is 5.82 Å². The number of H-pyrrole nitrogens is 1. The van der Waals surface area contributed by atoms with Crippen LogP contribution in [-0.2, 0) is 4.79 Å². The SMILES string of the molecule is C[C@@H](Sc1n[nH]c(-c2ccccc2F)n1)C(=O)Nc1ccccc1Cl. The Labute approximate surface area is 153 Å². The molecule has 0 bridgehead atoms. The minimum absolute atomic E-state index is 0.227. The van der Waals surface area contributed by atoms with Crippen LogP contribution in [0.5, 0.6) is 0 Å². The molecule has 25 heavy (non-hydrogen) atoms. The van der Waals surface area contributed by atoms with Crippen molar-refractivity contribution in [2.45, 2.75) is 17.3 Å². The highest BCUT2D eigenvalue weighted by Gasteiger charge is 2.19. The number of halogens is 2. The minimum Gasteiger partial charge on any atom is -0.324 e. The van der Waals surface area contributed by atoms with Crippen LogP contribution in [0.15, 0.2) is 53.7 Å². The molecule has 1 aromatic heterocycles. The van der Waals surface area contributed by atoms with Gasteiger partial charge >= 0.3 is 0 Å². The minimum atomic E-state index is -0.458. The number of carbonyl (C=O) groups excluding carboxylic acids is 1. The van der Waals surface area contributed by atoms with Crippen LogP contribution in [0.3, 0.4) is 0 Å². The maximum atomic E-state index is 13.8. The van der Waals surface area contributed by atoms with E-state index in [-0.39, 0.29) is 11.7 Å². The average Bonchev–Trinajstić information content (AvgIpc) is 3.05. The number of benzene rings is 2. The van der Waals surface area contributed by atoms with E-state index in [0.29, 0.717) is 27.3 Å². The second kappa shape index (κ2) is 7.67. The molecule has 0 aliphatic rings. The molecule has 3 rings (SSSR count). The van der Waals surface area contributed by atoms with E-state index in [0.717, 1.165) is 0 Å². The van der Waals surface area contributed by atoms with Crippen molar-refractivity contribution in [1.29, 1.82) is 0 Å². The van der Waals surface area contributed by atoms with Gasteiger partial charge in [0.25, 0.3) is 0 Å². The molecule has 0 saturated heterocycles. The lowest BCUT2D eigenvalue weighted by molar-refractivity contribution is -0.115. The molecule has 2 aromatic carbocycles. The third-order valence-corrected chi connectivity index (χ3v) is 4.67. The van der Waals surface area contributed by atoms with Gasteiger partial charge in [0.2, 0.25) is 11.1 Å². The zero-order chi connectivity index (χ0) is 17.8. The van der Waals surface area contributed by atoms with Crippen LogP contribution in [0.1, 0.15) is 6.92 Å². The normalized spacial score (nSPS) is 12.0. The summed E-state index contributed by atoms with van der Waals surface area (Å²) in [7, 11) is 0. The zero-order valence-corrected chi connectivity index (χ0v) is 14.7. The summed E-state index contributed by atoms with van der Waals surface area (Å²) in [6.07, 6.45) is 0. The summed E-state index contributed by atoms with van der Waals surface area (Å²) in [5.41, 5.74) is 0.874. The van der Waals surface area contributed by atoms with Crippen molar-refractivity contribution in [3.8, 4) is 11.4 Å². The maximum Gasteiger partial charge on any atom is 0.237 e. The third-order valence-electron chi connectivity index (χ3n) is 3.38. The van der Waals surface area contributed by atoms with Gasteiger partial charge in [-0.3, -0.25) is 9.89 Å². The fourth-order valence-electron chi connectivity index (χ4n) is 2.08. The molecule has 1 amide bonds. The monoisotopic (exact) mass is 376 g/mol. The molecular weight excluding hydrogens is 363 g/mol. The second-order valence-corrected chi connectivity index (χ2v) is 6.89. The molecular formula is C17H14ClFN4OS. The molecule has 0 saturated carbocycles. The lowest BCUT2D eigenvalue weighted by Crippen LogP contribution is -2.22. The van der Waals surface area contributed by atoms with Gasteiger partial charge in [0.05, 0.1) is 21.5 Å². The van der Waals surface area contributed by atoms with Gasteiger partial charge in [-0.15, -0.1) is 5.10 Å². The highest BCUT2D eigenvalue weighted by molar-refractivity contribution is 8.00. The van der Waals surface area contributed by atoms with Gasteiger partial charge in [0, 0.05) is 0 Å². The fourth-order valence-corrected chi connectivity index (χ4v) is 2.99. The predicted molar refractivity (Wildman–Crippen MR) is 97.2 cm³/mol. The van der Waals surface area contributed by atoms with Crippen LogP contribution in [0.4, 0.5) is 10.1 Å². The van der Waals surface area contributed by atoms with Crippen molar-refractivity contribution < 1.29 is 9.18 Å². The lowest BCUT2D eigenvalue weighted by atomic mass is 10.2. The predicted octanol–water partition coefficient (Wildman–Crippen LogP) is 4.38. The van der Waals surface area contributed by atoms with Gasteiger partial charge in [-0.2, -0.15) is 0 Å². The molecule has 1 heterocycles. The highest BCUT2D eigenvalue weighted by Crippen LogP contribution is 2.26. The summed E-state index contributed by atoms with van der Waals surface area (Å²) in [5, 5.41) is 9.86. The highest BCUT2D eigenvalue weighted by atomic mass is 35.5. The number of carbonyl (C=O) groups is 1. The standard InChI is InChI=1S/C17H14ClFN4OS/c1-10(16(24)20-14-9-5-3-7-12(14)18)25-17-21-15(22-23-17)11-6-2-4-8-13(11)19/h2-10H,1H3,(H,20,24)(H,21,22,23)/t10-/m1/s1. The molecule has 8 heteroatoms. The Morgan fingerprint density at radius 3 is 2.72 bits per heavy atom. The first-order chi connectivity index (χ1) is 12.0. The quantitative estimate of drug-likeness (QED) is 0.648. The molecule has 1 atom stereocenters. The van der Waals surface area contributed by atoms with Crippen LogP contribution in [0.2, 0.25) is 5.02 Å². The van der Waals surface area contributed by atoms with E-state index >= 15 is 0 Å². The molecule has 0 radical (unpaired) electrons. The second-order valence-electron chi connectivity index (χ2n) is 5.18. The molecule has 3 aromatic rings. The summed E-state index contributed by atoms with van der Waals surface area (Å²) in [6, 6.07) is 13.3. The molecule has 0 aliphatic carbocycles. The fraction of sp³-hybridized carbons (Fsp3) is 0.118. The van der Waals surface area contributed by atoms with Gasteiger partial charge in [-0.05, 0) is 31.2 Å². The largest absolute Gasteiger partial charge is 0.324 e. The average molecular weight is 377 g/mol. The first-order valence-electron chi connectivity index (χ1n) is 7.44. The van der Waals surface area contributed by atoms with Gasteiger partial charge in [0.1, 0.15) is 5.82 Å². The number of hydrogen-bond acceptors (Lipinski definition) is 4. The van der Waals surface area contributed by atoms with Crippen molar-refractivity contribution >= 4 is 35.0 Å². The summed E-state index contributed by atoms with van der Waals surface area (Å²) in [5.74, 6) is -0.297. The molecule has 0 aliphatic heterocycles. The molecule has 5 nitrogen and oxygen atoms in total. The van der Waals surface area contributed by atoms with Crippen LogP contribution in [0, 0.1) is 5.82 Å².